The minimum absolute atomic E-state index is 0.0560. The first-order valence-electron chi connectivity index (χ1n) is 7.93. The second-order valence-corrected chi connectivity index (χ2v) is 8.01. The summed E-state index contributed by atoms with van der Waals surface area (Å²) in [6.07, 6.45) is 0.805. The summed E-state index contributed by atoms with van der Waals surface area (Å²) in [7, 11) is 0. The molecule has 23 heavy (non-hydrogen) atoms. The van der Waals surface area contributed by atoms with Gasteiger partial charge < -0.3 is 11.1 Å². The number of halogens is 1. The van der Waals surface area contributed by atoms with E-state index in [9.17, 15) is 9.59 Å². The number of nitrogens with two attached hydrogens (primary N) is 1. The standard InChI is InChI=1S/C18H27BrN2O2/c1-6-14(18(3,4)5)15(11(2)16(20)22)17(23)21-13-9-7-12(19)8-10-13/h7-11,14-15H,6H2,1-5H3,(H2,20,22)(H,21,23). The average Bonchev–Trinajstić information content (AvgIpc) is 2.44. The molecule has 3 atom stereocenters. The molecule has 0 saturated carbocycles. The summed E-state index contributed by atoms with van der Waals surface area (Å²) in [6.45, 7) is 10.1. The summed E-state index contributed by atoms with van der Waals surface area (Å²) < 4.78 is 0.943. The first-order chi connectivity index (χ1) is 10.6. The minimum atomic E-state index is -0.519. The van der Waals surface area contributed by atoms with Crippen molar-refractivity contribution in [2.45, 2.75) is 41.0 Å². The third-order valence-electron chi connectivity index (χ3n) is 4.39. The Bertz CT molecular complexity index is 549. The van der Waals surface area contributed by atoms with Gasteiger partial charge in [0, 0.05) is 16.1 Å². The van der Waals surface area contributed by atoms with Gasteiger partial charge in [0.1, 0.15) is 0 Å². The van der Waals surface area contributed by atoms with Crippen LogP contribution in [0.5, 0.6) is 0 Å². The van der Waals surface area contributed by atoms with Crippen LogP contribution in [-0.2, 0) is 9.59 Å². The zero-order chi connectivity index (χ0) is 17.8. The van der Waals surface area contributed by atoms with Gasteiger partial charge in [-0.25, -0.2) is 0 Å². The third kappa shape index (κ3) is 5.34. The van der Waals surface area contributed by atoms with E-state index in [1.165, 1.54) is 0 Å². The van der Waals surface area contributed by atoms with Gasteiger partial charge >= 0.3 is 0 Å². The van der Waals surface area contributed by atoms with Crippen molar-refractivity contribution in [3.63, 3.8) is 0 Å². The predicted octanol–water partition coefficient (Wildman–Crippen LogP) is 4.20. The van der Waals surface area contributed by atoms with Gasteiger partial charge in [0.25, 0.3) is 0 Å². The van der Waals surface area contributed by atoms with Crippen molar-refractivity contribution < 1.29 is 9.59 Å². The lowest BCUT2D eigenvalue weighted by Crippen LogP contribution is -2.43. The lowest BCUT2D eigenvalue weighted by atomic mass is 9.67. The van der Waals surface area contributed by atoms with Crippen LogP contribution in [0, 0.1) is 23.2 Å². The molecule has 2 amide bonds. The molecule has 0 aliphatic rings. The van der Waals surface area contributed by atoms with E-state index < -0.39 is 17.7 Å². The van der Waals surface area contributed by atoms with Crippen LogP contribution >= 0.6 is 15.9 Å². The zero-order valence-electron chi connectivity index (χ0n) is 14.5. The average molecular weight is 383 g/mol. The highest BCUT2D eigenvalue weighted by Crippen LogP contribution is 2.39. The molecule has 0 spiro atoms. The Morgan fingerprint density at radius 2 is 1.74 bits per heavy atom. The van der Waals surface area contributed by atoms with Crippen LogP contribution in [0.2, 0.25) is 0 Å². The molecule has 128 valence electrons. The molecule has 0 fully saturated rings. The molecule has 0 radical (unpaired) electrons. The molecule has 4 nitrogen and oxygen atoms in total. The molecular weight excluding hydrogens is 356 g/mol. The van der Waals surface area contributed by atoms with Crippen LogP contribution in [0.1, 0.15) is 41.0 Å². The minimum Gasteiger partial charge on any atom is -0.369 e. The molecule has 3 unspecified atom stereocenters. The Balaban J connectivity index is 3.10. The Kier molecular flexibility index (Phi) is 6.81. The first-order valence-corrected chi connectivity index (χ1v) is 8.73. The number of hydrogen-bond donors (Lipinski definition) is 2. The topological polar surface area (TPSA) is 72.2 Å². The van der Waals surface area contributed by atoms with E-state index in [0.29, 0.717) is 5.69 Å². The Morgan fingerprint density at radius 3 is 2.13 bits per heavy atom. The van der Waals surface area contributed by atoms with Crippen molar-refractivity contribution in [2.75, 3.05) is 5.32 Å². The number of benzene rings is 1. The molecule has 0 aliphatic carbocycles. The normalized spacial score (nSPS) is 15.6. The van der Waals surface area contributed by atoms with Gasteiger partial charge in [-0.3, -0.25) is 9.59 Å². The van der Waals surface area contributed by atoms with Crippen molar-refractivity contribution in [3.8, 4) is 0 Å². The number of primary amides is 1. The summed E-state index contributed by atoms with van der Waals surface area (Å²) in [6, 6.07) is 7.38. The molecule has 0 heterocycles. The zero-order valence-corrected chi connectivity index (χ0v) is 16.1. The van der Waals surface area contributed by atoms with E-state index in [4.69, 9.17) is 5.73 Å². The molecular formula is C18H27BrN2O2. The van der Waals surface area contributed by atoms with Crippen LogP contribution in [0.15, 0.2) is 28.7 Å². The molecule has 1 rings (SSSR count). The summed E-state index contributed by atoms with van der Waals surface area (Å²) in [5.41, 5.74) is 6.11. The largest absolute Gasteiger partial charge is 0.369 e. The molecule has 5 heteroatoms. The van der Waals surface area contributed by atoms with Crippen LogP contribution in [0.4, 0.5) is 5.69 Å². The second kappa shape index (κ2) is 7.95. The number of nitrogens with one attached hydrogen (secondary N) is 1. The van der Waals surface area contributed by atoms with Gasteiger partial charge in [-0.1, -0.05) is 57.0 Å². The predicted molar refractivity (Wildman–Crippen MR) is 97.9 cm³/mol. The first kappa shape index (κ1) is 19.7. The summed E-state index contributed by atoms with van der Waals surface area (Å²) in [5.74, 6) is -1.51. The van der Waals surface area contributed by atoms with Crippen LogP contribution in [0.25, 0.3) is 0 Å². The van der Waals surface area contributed by atoms with Crippen molar-refractivity contribution in [2.24, 2.45) is 28.9 Å². The Morgan fingerprint density at radius 1 is 1.22 bits per heavy atom. The van der Waals surface area contributed by atoms with E-state index >= 15 is 0 Å². The third-order valence-corrected chi connectivity index (χ3v) is 4.92. The van der Waals surface area contributed by atoms with Gasteiger partial charge in [0.2, 0.25) is 11.8 Å². The van der Waals surface area contributed by atoms with Gasteiger partial charge in [-0.05, 0) is 35.6 Å². The van der Waals surface area contributed by atoms with E-state index in [2.05, 4.69) is 42.0 Å². The van der Waals surface area contributed by atoms with Crippen molar-refractivity contribution in [1.82, 2.24) is 0 Å². The number of carbonyl (C=O) groups is 2. The highest BCUT2D eigenvalue weighted by Gasteiger charge is 2.40. The number of rotatable bonds is 6. The molecule has 0 bridgehead atoms. The molecule has 0 saturated heterocycles. The maximum absolute atomic E-state index is 12.9. The fourth-order valence-corrected chi connectivity index (χ4v) is 3.36. The number of anilines is 1. The highest BCUT2D eigenvalue weighted by atomic mass is 79.9. The van der Waals surface area contributed by atoms with E-state index in [-0.39, 0.29) is 17.2 Å². The van der Waals surface area contributed by atoms with Gasteiger partial charge in [0.05, 0.1) is 5.92 Å². The lowest BCUT2D eigenvalue weighted by Gasteiger charge is -2.38. The van der Waals surface area contributed by atoms with E-state index in [1.54, 1.807) is 6.92 Å². The summed E-state index contributed by atoms with van der Waals surface area (Å²) in [4.78, 5) is 24.6. The van der Waals surface area contributed by atoms with Gasteiger partial charge in [0.15, 0.2) is 0 Å². The highest BCUT2D eigenvalue weighted by molar-refractivity contribution is 9.10. The fraction of sp³-hybridized carbons (Fsp3) is 0.556. The molecule has 0 aromatic heterocycles. The van der Waals surface area contributed by atoms with Crippen molar-refractivity contribution in [3.05, 3.63) is 28.7 Å². The van der Waals surface area contributed by atoms with E-state index in [1.807, 2.05) is 31.2 Å². The second-order valence-electron chi connectivity index (χ2n) is 7.09. The molecule has 0 aliphatic heterocycles. The summed E-state index contributed by atoms with van der Waals surface area (Å²) in [5, 5.41) is 2.92. The lowest BCUT2D eigenvalue weighted by molar-refractivity contribution is -0.133. The fourth-order valence-electron chi connectivity index (χ4n) is 3.10. The Hall–Kier alpha value is -1.36. The Labute approximate surface area is 147 Å². The maximum Gasteiger partial charge on any atom is 0.228 e. The van der Waals surface area contributed by atoms with Crippen LogP contribution < -0.4 is 11.1 Å². The molecule has 1 aromatic carbocycles. The summed E-state index contributed by atoms with van der Waals surface area (Å²) >= 11 is 3.37. The number of carbonyl (C=O) groups excluding carboxylic acids is 2. The van der Waals surface area contributed by atoms with Crippen molar-refractivity contribution >= 4 is 33.4 Å². The molecule has 1 aromatic rings. The van der Waals surface area contributed by atoms with Gasteiger partial charge in [-0.2, -0.15) is 0 Å². The quantitative estimate of drug-likeness (QED) is 0.773. The van der Waals surface area contributed by atoms with Crippen LogP contribution in [-0.4, -0.2) is 11.8 Å². The number of hydrogen-bond acceptors (Lipinski definition) is 2. The smallest absolute Gasteiger partial charge is 0.228 e. The monoisotopic (exact) mass is 382 g/mol. The maximum atomic E-state index is 12.9. The van der Waals surface area contributed by atoms with E-state index in [0.717, 1.165) is 10.9 Å². The van der Waals surface area contributed by atoms with Crippen molar-refractivity contribution in [1.29, 1.82) is 0 Å². The SMILES string of the molecule is CCC(C(C(=O)Nc1ccc(Br)cc1)C(C)C(N)=O)C(C)(C)C. The number of amides is 2. The molecule has 3 N–H and O–H groups in total. The van der Waals surface area contributed by atoms with Crippen LogP contribution in [0.3, 0.4) is 0 Å². The van der Waals surface area contributed by atoms with Gasteiger partial charge in [-0.15, -0.1) is 0 Å².